The number of thiol groups is 1. The number of hydrogen-bond acceptors (Lipinski definition) is 4. The molecular formula is C16H19ClF2N4OS. The summed E-state index contributed by atoms with van der Waals surface area (Å²) in [5, 5.41) is 0.466. The highest BCUT2D eigenvalue weighted by Gasteiger charge is 2.55. The van der Waals surface area contributed by atoms with Gasteiger partial charge in [-0.15, -0.1) is 0 Å². The molecule has 2 fully saturated rings. The summed E-state index contributed by atoms with van der Waals surface area (Å²) in [5.41, 5.74) is 1.96. The van der Waals surface area contributed by atoms with Crippen molar-refractivity contribution in [3.05, 3.63) is 22.3 Å². The summed E-state index contributed by atoms with van der Waals surface area (Å²) in [6.07, 6.45) is 1.01. The van der Waals surface area contributed by atoms with Crippen LogP contribution in [0.2, 0.25) is 0 Å². The van der Waals surface area contributed by atoms with Gasteiger partial charge in [0.25, 0.3) is 6.43 Å². The van der Waals surface area contributed by atoms with Crippen molar-refractivity contribution in [2.24, 2.45) is 15.4 Å². The van der Waals surface area contributed by atoms with E-state index in [-0.39, 0.29) is 17.3 Å². The SMILES string of the molecule is CC1=C2C(N3CC4(CC(N(C)[SH]=O)C4)C3)=NC(C(F)F)=NC2C(Cl)=C1. The summed E-state index contributed by atoms with van der Waals surface area (Å²) < 4.78 is 39.1. The van der Waals surface area contributed by atoms with Crippen molar-refractivity contribution < 1.29 is 13.0 Å². The van der Waals surface area contributed by atoms with Gasteiger partial charge < -0.3 is 4.90 Å². The van der Waals surface area contributed by atoms with Crippen molar-refractivity contribution in [2.75, 3.05) is 20.1 Å². The summed E-state index contributed by atoms with van der Waals surface area (Å²) in [4.78, 5) is 10.2. The fraction of sp³-hybridized carbons (Fsp3) is 0.625. The normalized spacial score (nSPS) is 28.0. The monoisotopic (exact) mass is 388 g/mol. The van der Waals surface area contributed by atoms with Crippen LogP contribution >= 0.6 is 11.6 Å². The maximum atomic E-state index is 13.2. The Hall–Kier alpha value is -1.12. The Morgan fingerprint density at radius 2 is 2.12 bits per heavy atom. The van der Waals surface area contributed by atoms with E-state index in [1.807, 2.05) is 14.0 Å². The molecule has 1 unspecified atom stereocenters. The number of rotatable bonds is 3. The van der Waals surface area contributed by atoms with Crippen molar-refractivity contribution in [2.45, 2.75) is 38.3 Å². The Bertz CT molecular complexity index is 749. The Balaban J connectivity index is 1.52. The number of hydrogen-bond donors (Lipinski definition) is 1. The lowest BCUT2D eigenvalue weighted by atomic mass is 9.60. The number of amidine groups is 2. The second-order valence-corrected chi connectivity index (χ2v) is 8.56. The molecule has 2 heterocycles. The van der Waals surface area contributed by atoms with Crippen molar-refractivity contribution in [3.63, 3.8) is 0 Å². The van der Waals surface area contributed by atoms with Crippen LogP contribution in [0.1, 0.15) is 19.8 Å². The quantitative estimate of drug-likeness (QED) is 0.753. The van der Waals surface area contributed by atoms with Gasteiger partial charge in [0.15, 0.2) is 5.84 Å². The molecule has 2 aliphatic carbocycles. The predicted molar refractivity (Wildman–Crippen MR) is 95.6 cm³/mol. The van der Waals surface area contributed by atoms with Gasteiger partial charge in [-0.3, -0.25) is 4.99 Å². The van der Waals surface area contributed by atoms with Crippen LogP contribution < -0.4 is 0 Å². The van der Waals surface area contributed by atoms with Crippen LogP contribution in [-0.4, -0.2) is 63.7 Å². The molecule has 1 spiro atoms. The van der Waals surface area contributed by atoms with Crippen LogP contribution in [0.5, 0.6) is 0 Å². The van der Waals surface area contributed by atoms with Gasteiger partial charge in [0.05, 0.1) is 11.9 Å². The number of fused-ring (bicyclic) bond motifs is 1. The minimum absolute atomic E-state index is 0.0417. The third-order valence-corrected chi connectivity index (χ3v) is 6.48. The van der Waals surface area contributed by atoms with E-state index in [1.165, 1.54) is 0 Å². The van der Waals surface area contributed by atoms with E-state index in [0.717, 1.165) is 37.1 Å². The topological polar surface area (TPSA) is 48.3 Å². The van der Waals surface area contributed by atoms with Gasteiger partial charge in [0, 0.05) is 35.2 Å². The molecule has 5 nitrogen and oxygen atoms in total. The van der Waals surface area contributed by atoms with Gasteiger partial charge in [0.1, 0.15) is 11.9 Å². The maximum Gasteiger partial charge on any atom is 0.297 e. The fourth-order valence-corrected chi connectivity index (χ4v) is 4.88. The summed E-state index contributed by atoms with van der Waals surface area (Å²) in [5.74, 6) is 0.145. The van der Waals surface area contributed by atoms with E-state index in [1.54, 1.807) is 10.4 Å². The Morgan fingerprint density at radius 3 is 2.72 bits per heavy atom. The molecule has 0 N–H and O–H groups in total. The molecule has 1 saturated carbocycles. The van der Waals surface area contributed by atoms with E-state index in [0.29, 0.717) is 16.9 Å². The van der Waals surface area contributed by atoms with Gasteiger partial charge in [-0.2, -0.15) is 0 Å². The van der Waals surface area contributed by atoms with Crippen LogP contribution in [0.3, 0.4) is 0 Å². The first-order valence-electron chi connectivity index (χ1n) is 8.17. The molecule has 0 radical (unpaired) electrons. The molecule has 0 aromatic carbocycles. The Morgan fingerprint density at radius 1 is 1.44 bits per heavy atom. The highest BCUT2D eigenvalue weighted by atomic mass is 35.5. The highest BCUT2D eigenvalue weighted by molar-refractivity contribution is 7.62. The molecule has 25 heavy (non-hydrogen) atoms. The summed E-state index contributed by atoms with van der Waals surface area (Å²) in [7, 11) is 1.84. The van der Waals surface area contributed by atoms with Crippen LogP contribution in [0.15, 0.2) is 32.2 Å². The largest absolute Gasteiger partial charge is 0.355 e. The average Bonchev–Trinajstić information content (AvgIpc) is 2.78. The number of allylic oxidation sites excluding steroid dienone is 2. The smallest absolute Gasteiger partial charge is 0.297 e. The first kappa shape index (κ1) is 17.3. The standard InChI is InChI=1S/C16H19ClF2N4OS/c1-8-3-10(17)12-11(8)15(21-14(20-12)13(18)19)23-6-16(7-23)4-9(5-16)22(2)25-24/h3,9,12-13,25H,4-7H2,1-2H3. The van der Waals surface area contributed by atoms with E-state index < -0.39 is 18.3 Å². The van der Waals surface area contributed by atoms with Crippen molar-refractivity contribution in [3.8, 4) is 0 Å². The van der Waals surface area contributed by atoms with Crippen molar-refractivity contribution in [1.29, 1.82) is 0 Å². The van der Waals surface area contributed by atoms with E-state index >= 15 is 0 Å². The molecule has 4 aliphatic rings. The summed E-state index contributed by atoms with van der Waals surface area (Å²) >= 11 is 6.25. The molecule has 4 rings (SSSR count). The minimum atomic E-state index is -2.71. The van der Waals surface area contributed by atoms with Crippen molar-refractivity contribution in [1.82, 2.24) is 9.21 Å². The molecule has 0 aromatic heterocycles. The highest BCUT2D eigenvalue weighted by Crippen LogP contribution is 2.51. The third-order valence-electron chi connectivity index (χ3n) is 5.58. The molecule has 1 saturated heterocycles. The van der Waals surface area contributed by atoms with Gasteiger partial charge >= 0.3 is 0 Å². The lowest BCUT2D eigenvalue weighted by Gasteiger charge is -2.61. The Kier molecular flexibility index (Phi) is 4.12. The zero-order valence-electron chi connectivity index (χ0n) is 13.9. The van der Waals surface area contributed by atoms with Gasteiger partial charge in [-0.05, 0) is 38.5 Å². The number of aliphatic imine (C=N–C) groups is 2. The minimum Gasteiger partial charge on any atom is -0.355 e. The average molecular weight is 389 g/mol. The predicted octanol–water partition coefficient (Wildman–Crippen LogP) is 2.14. The zero-order chi connectivity index (χ0) is 17.9. The number of alkyl halides is 2. The molecular weight excluding hydrogens is 370 g/mol. The van der Waals surface area contributed by atoms with E-state index in [9.17, 15) is 13.0 Å². The lowest BCUT2D eigenvalue weighted by molar-refractivity contribution is -0.0563. The molecule has 136 valence electrons. The molecule has 0 amide bonds. The number of nitrogens with zero attached hydrogens (tertiary/aromatic N) is 4. The van der Waals surface area contributed by atoms with E-state index in [4.69, 9.17) is 11.6 Å². The van der Waals surface area contributed by atoms with Gasteiger partial charge in [-0.25, -0.2) is 22.3 Å². The maximum absolute atomic E-state index is 13.2. The van der Waals surface area contributed by atoms with Gasteiger partial charge in [0.2, 0.25) is 0 Å². The second-order valence-electron chi connectivity index (χ2n) is 7.33. The summed E-state index contributed by atoms with van der Waals surface area (Å²) in [6.45, 7) is 3.47. The first-order chi connectivity index (χ1) is 11.8. The third kappa shape index (κ3) is 2.69. The number of likely N-dealkylation sites (tertiary alicyclic amines) is 1. The fourth-order valence-electron chi connectivity index (χ4n) is 4.26. The molecule has 2 aliphatic heterocycles. The lowest BCUT2D eigenvalue weighted by Crippen LogP contribution is -2.67. The van der Waals surface area contributed by atoms with Crippen LogP contribution in [0, 0.1) is 5.41 Å². The molecule has 0 aromatic rings. The van der Waals surface area contributed by atoms with Crippen LogP contribution in [0.4, 0.5) is 8.78 Å². The molecule has 1 atom stereocenters. The summed E-state index contributed by atoms with van der Waals surface area (Å²) in [6, 6.07) is -0.224. The van der Waals surface area contributed by atoms with Crippen LogP contribution in [0.25, 0.3) is 0 Å². The Labute approximate surface area is 153 Å². The van der Waals surface area contributed by atoms with E-state index in [2.05, 4.69) is 14.9 Å². The zero-order valence-corrected chi connectivity index (χ0v) is 15.6. The first-order valence-corrected chi connectivity index (χ1v) is 9.32. The molecule has 0 bridgehead atoms. The van der Waals surface area contributed by atoms with Gasteiger partial charge in [-0.1, -0.05) is 11.6 Å². The van der Waals surface area contributed by atoms with Crippen LogP contribution in [-0.2, 0) is 11.9 Å². The molecule has 9 heteroatoms. The second kappa shape index (κ2) is 5.96. The van der Waals surface area contributed by atoms with Crippen molar-refractivity contribution >= 4 is 35.1 Å². The number of halogens is 3.